The molecule has 2 N–H and O–H groups in total. The monoisotopic (exact) mass is 261 g/mol. The largest absolute Gasteiger partial charge is 0.481 e. The number of thioether (sulfide) groups is 1. The number of carboxylic acid groups (broad SMARTS) is 1. The van der Waals surface area contributed by atoms with E-state index in [1.807, 2.05) is 6.92 Å². The Hall–Kier alpha value is -0.710. The highest BCUT2D eigenvalue weighted by Gasteiger charge is 2.37. The number of rotatable bonds is 6. The predicted octanol–water partition coefficient (Wildman–Crippen LogP) is 1.99. The van der Waals surface area contributed by atoms with E-state index in [1.54, 1.807) is 32.5 Å². The van der Waals surface area contributed by atoms with Crippen molar-refractivity contribution in [2.24, 2.45) is 11.3 Å². The maximum absolute atomic E-state index is 11.9. The molecule has 0 aliphatic carbocycles. The minimum Gasteiger partial charge on any atom is -0.481 e. The van der Waals surface area contributed by atoms with Crippen LogP contribution >= 0.6 is 11.8 Å². The van der Waals surface area contributed by atoms with Gasteiger partial charge in [0.15, 0.2) is 0 Å². The first-order valence-electron chi connectivity index (χ1n) is 5.81. The standard InChI is InChI=1S/C12H23NO3S/c1-6-17-7-8(2)13-10(14)9(11(15)16)12(3,4)5/h8-9H,6-7H2,1-5H3,(H,13,14)(H,15,16). The molecule has 0 aromatic carbocycles. The minimum atomic E-state index is -1.06. The van der Waals surface area contributed by atoms with Crippen molar-refractivity contribution in [2.45, 2.75) is 40.7 Å². The van der Waals surface area contributed by atoms with Crippen LogP contribution in [0.2, 0.25) is 0 Å². The minimum absolute atomic E-state index is 0.00310. The van der Waals surface area contributed by atoms with Crippen molar-refractivity contribution in [3.05, 3.63) is 0 Å². The lowest BCUT2D eigenvalue weighted by molar-refractivity contribution is -0.151. The van der Waals surface area contributed by atoms with Gasteiger partial charge in [-0.2, -0.15) is 11.8 Å². The first-order chi connectivity index (χ1) is 7.70. The molecule has 0 aliphatic heterocycles. The number of hydrogen-bond acceptors (Lipinski definition) is 3. The molecule has 0 radical (unpaired) electrons. The molecule has 0 bridgehead atoms. The van der Waals surface area contributed by atoms with Crippen LogP contribution in [-0.4, -0.2) is 34.5 Å². The fraction of sp³-hybridized carbons (Fsp3) is 0.833. The summed E-state index contributed by atoms with van der Waals surface area (Å²) in [7, 11) is 0. The lowest BCUT2D eigenvalue weighted by Crippen LogP contribution is -2.46. The quantitative estimate of drug-likeness (QED) is 0.718. The van der Waals surface area contributed by atoms with Crippen molar-refractivity contribution >= 4 is 23.6 Å². The van der Waals surface area contributed by atoms with Crippen molar-refractivity contribution in [1.29, 1.82) is 0 Å². The fourth-order valence-corrected chi connectivity index (χ4v) is 2.21. The van der Waals surface area contributed by atoms with Crippen molar-refractivity contribution in [3.8, 4) is 0 Å². The molecule has 5 heteroatoms. The van der Waals surface area contributed by atoms with Crippen molar-refractivity contribution in [2.75, 3.05) is 11.5 Å². The van der Waals surface area contributed by atoms with E-state index >= 15 is 0 Å². The lowest BCUT2D eigenvalue weighted by atomic mass is 9.80. The smallest absolute Gasteiger partial charge is 0.316 e. The molecule has 4 nitrogen and oxygen atoms in total. The van der Waals surface area contributed by atoms with Gasteiger partial charge in [0.2, 0.25) is 5.91 Å². The molecule has 100 valence electrons. The lowest BCUT2D eigenvalue weighted by Gasteiger charge is -2.27. The highest BCUT2D eigenvalue weighted by molar-refractivity contribution is 7.99. The second kappa shape index (κ2) is 6.89. The van der Waals surface area contributed by atoms with Gasteiger partial charge in [0.05, 0.1) is 0 Å². The molecule has 1 amide bonds. The first-order valence-corrected chi connectivity index (χ1v) is 6.96. The zero-order chi connectivity index (χ0) is 13.6. The van der Waals surface area contributed by atoms with Gasteiger partial charge in [-0.3, -0.25) is 9.59 Å². The third kappa shape index (κ3) is 5.96. The van der Waals surface area contributed by atoms with Crippen LogP contribution in [-0.2, 0) is 9.59 Å². The van der Waals surface area contributed by atoms with Crippen LogP contribution in [0.1, 0.15) is 34.6 Å². The molecule has 17 heavy (non-hydrogen) atoms. The van der Waals surface area contributed by atoms with Gasteiger partial charge >= 0.3 is 5.97 Å². The van der Waals surface area contributed by atoms with Crippen LogP contribution in [0.3, 0.4) is 0 Å². The van der Waals surface area contributed by atoms with Gasteiger partial charge in [0.1, 0.15) is 5.92 Å². The fourth-order valence-electron chi connectivity index (χ4n) is 1.54. The van der Waals surface area contributed by atoms with Crippen molar-refractivity contribution < 1.29 is 14.7 Å². The highest BCUT2D eigenvalue weighted by Crippen LogP contribution is 2.26. The van der Waals surface area contributed by atoms with E-state index in [2.05, 4.69) is 12.2 Å². The Balaban J connectivity index is 4.50. The Morgan fingerprint density at radius 3 is 2.24 bits per heavy atom. The Morgan fingerprint density at radius 1 is 1.35 bits per heavy atom. The molecule has 2 unspecified atom stereocenters. The van der Waals surface area contributed by atoms with Gasteiger partial charge < -0.3 is 10.4 Å². The van der Waals surface area contributed by atoms with Gasteiger partial charge in [-0.15, -0.1) is 0 Å². The van der Waals surface area contributed by atoms with Crippen molar-refractivity contribution in [1.82, 2.24) is 5.32 Å². The summed E-state index contributed by atoms with van der Waals surface area (Å²) < 4.78 is 0. The molecule has 0 aliphatic rings. The SMILES string of the molecule is CCSCC(C)NC(=O)C(C(=O)O)C(C)(C)C. The molecular weight excluding hydrogens is 238 g/mol. The maximum Gasteiger partial charge on any atom is 0.316 e. The van der Waals surface area contributed by atoms with Crippen LogP contribution in [0.25, 0.3) is 0 Å². The number of nitrogens with one attached hydrogen (secondary N) is 1. The number of hydrogen-bond donors (Lipinski definition) is 2. The molecule has 0 aromatic rings. The van der Waals surface area contributed by atoms with E-state index in [-0.39, 0.29) is 6.04 Å². The van der Waals surface area contributed by atoms with Crippen LogP contribution in [0.4, 0.5) is 0 Å². The number of carbonyl (C=O) groups excluding carboxylic acids is 1. The summed E-state index contributed by atoms with van der Waals surface area (Å²) in [5, 5.41) is 11.9. The van der Waals surface area contributed by atoms with Crippen LogP contribution < -0.4 is 5.32 Å². The zero-order valence-corrected chi connectivity index (χ0v) is 12.1. The summed E-state index contributed by atoms with van der Waals surface area (Å²) in [6.45, 7) is 9.22. The maximum atomic E-state index is 11.9. The van der Waals surface area contributed by atoms with Gasteiger partial charge in [0, 0.05) is 11.8 Å². The molecule has 0 saturated heterocycles. The number of carbonyl (C=O) groups is 2. The molecule has 2 atom stereocenters. The number of aliphatic carboxylic acids is 1. The topological polar surface area (TPSA) is 66.4 Å². The molecule has 0 saturated carbocycles. The normalized spacial score (nSPS) is 15.1. The van der Waals surface area contributed by atoms with Crippen LogP contribution in [0.5, 0.6) is 0 Å². The molecule has 0 fully saturated rings. The molecular formula is C12H23NO3S. The second-order valence-corrected chi connectivity index (χ2v) is 6.53. The van der Waals surface area contributed by atoms with E-state index in [4.69, 9.17) is 5.11 Å². The van der Waals surface area contributed by atoms with Crippen molar-refractivity contribution in [3.63, 3.8) is 0 Å². The van der Waals surface area contributed by atoms with Gasteiger partial charge in [-0.05, 0) is 18.1 Å². The Kier molecular flexibility index (Phi) is 6.60. The third-order valence-corrected chi connectivity index (χ3v) is 3.48. The third-order valence-electron chi connectivity index (χ3n) is 2.34. The predicted molar refractivity (Wildman–Crippen MR) is 71.2 cm³/mol. The Labute approximate surface area is 108 Å². The number of amides is 1. The summed E-state index contributed by atoms with van der Waals surface area (Å²) in [4.78, 5) is 23.0. The molecule has 0 heterocycles. The van der Waals surface area contributed by atoms with Crippen LogP contribution in [0.15, 0.2) is 0 Å². The highest BCUT2D eigenvalue weighted by atomic mass is 32.2. The summed E-state index contributed by atoms with van der Waals surface area (Å²) in [5.41, 5.74) is -0.576. The average Bonchev–Trinajstić information content (AvgIpc) is 2.11. The zero-order valence-electron chi connectivity index (χ0n) is 11.2. The summed E-state index contributed by atoms with van der Waals surface area (Å²) in [5.74, 6) is -0.670. The second-order valence-electron chi connectivity index (χ2n) is 5.21. The number of carboxylic acids is 1. The Bertz CT molecular complexity index is 273. The average molecular weight is 261 g/mol. The first kappa shape index (κ1) is 16.3. The van der Waals surface area contributed by atoms with Gasteiger partial charge in [-0.25, -0.2) is 0 Å². The summed E-state index contributed by atoms with van der Waals surface area (Å²) in [6, 6.07) is -0.00310. The van der Waals surface area contributed by atoms with E-state index in [9.17, 15) is 9.59 Å². The van der Waals surface area contributed by atoms with Crippen LogP contribution in [0, 0.1) is 11.3 Å². The van der Waals surface area contributed by atoms with Gasteiger partial charge in [-0.1, -0.05) is 27.7 Å². The van der Waals surface area contributed by atoms with E-state index in [0.717, 1.165) is 11.5 Å². The van der Waals surface area contributed by atoms with E-state index in [1.165, 1.54) is 0 Å². The van der Waals surface area contributed by atoms with Gasteiger partial charge in [0.25, 0.3) is 0 Å². The summed E-state index contributed by atoms with van der Waals surface area (Å²) >= 11 is 1.72. The Morgan fingerprint density at radius 2 is 1.88 bits per heavy atom. The molecule has 0 rings (SSSR count). The van der Waals surface area contributed by atoms with E-state index < -0.39 is 23.2 Å². The molecule has 0 aromatic heterocycles. The molecule has 0 spiro atoms. The van der Waals surface area contributed by atoms with E-state index in [0.29, 0.717) is 0 Å². The summed E-state index contributed by atoms with van der Waals surface area (Å²) in [6.07, 6.45) is 0.